The molecule has 0 radical (unpaired) electrons. The van der Waals surface area contributed by atoms with Gasteiger partial charge in [-0.05, 0) is 35.7 Å². The lowest BCUT2D eigenvalue weighted by molar-refractivity contribution is -0.137. The summed E-state index contributed by atoms with van der Waals surface area (Å²) < 4.78 is 50.9. The van der Waals surface area contributed by atoms with Gasteiger partial charge in [0.25, 0.3) is 0 Å². The molecule has 0 bridgehead atoms. The molecule has 2 heterocycles. The average molecular weight is 489 g/mol. The number of aromatic nitrogens is 2. The molecular formula is C25H23F3N2O3S. The number of carboxylic acid groups (broad SMARTS) is 1. The molecule has 1 unspecified atom stereocenters. The Hall–Kier alpha value is -3.64. The maximum atomic E-state index is 12.8. The van der Waals surface area contributed by atoms with Gasteiger partial charge in [0.05, 0.1) is 17.7 Å². The van der Waals surface area contributed by atoms with Crippen LogP contribution in [0, 0.1) is 12.8 Å². The highest BCUT2D eigenvalue weighted by Gasteiger charge is 2.24. The molecule has 1 atom stereocenters. The van der Waals surface area contributed by atoms with Crippen LogP contribution in [-0.4, -0.2) is 36.2 Å². The van der Waals surface area contributed by atoms with Crippen molar-refractivity contribution < 1.29 is 27.3 Å². The van der Waals surface area contributed by atoms with Crippen molar-refractivity contribution in [2.75, 3.05) is 5.75 Å². The van der Waals surface area contributed by atoms with Crippen LogP contribution < -0.4 is 0 Å². The van der Waals surface area contributed by atoms with E-state index in [2.05, 4.69) is 17.8 Å². The fourth-order valence-corrected chi connectivity index (χ4v) is 4.23. The standard InChI is InChI=1S/C23H21F3N2O3S.C2H2/c24-23(25,26)11-3-1-2-4-13-32(31)28-16-19(8-10-22(29)30)20-14-17(7-9-21(20)28)18-6-5-12-27-15-18;1-2/h1-7,9,12,14-16H,8,10-11,13H2,(H,29,30);1-2H/b3-1-,4-2-;. The Bertz CT molecular complexity index is 1210. The first-order chi connectivity index (χ1) is 16.2. The van der Waals surface area contributed by atoms with Crippen molar-refractivity contribution in [1.29, 1.82) is 0 Å². The molecule has 34 heavy (non-hydrogen) atoms. The summed E-state index contributed by atoms with van der Waals surface area (Å²) in [7, 11) is -1.51. The van der Waals surface area contributed by atoms with Crippen LogP contribution in [0.3, 0.4) is 0 Å². The predicted molar refractivity (Wildman–Crippen MR) is 128 cm³/mol. The first-order valence-corrected chi connectivity index (χ1v) is 11.4. The average Bonchev–Trinajstić information content (AvgIpc) is 3.19. The van der Waals surface area contributed by atoms with Crippen molar-refractivity contribution in [3.05, 3.63) is 78.8 Å². The number of hydrogen-bond acceptors (Lipinski definition) is 3. The number of aliphatic carboxylic acids is 1. The first-order valence-electron chi connectivity index (χ1n) is 10.1. The van der Waals surface area contributed by atoms with Crippen molar-refractivity contribution >= 4 is 27.9 Å². The van der Waals surface area contributed by atoms with E-state index in [4.69, 9.17) is 5.11 Å². The maximum Gasteiger partial charge on any atom is 0.392 e. The quantitative estimate of drug-likeness (QED) is 0.317. The Balaban J connectivity index is 0.00000199. The summed E-state index contributed by atoms with van der Waals surface area (Å²) in [5, 5.41) is 9.87. The number of rotatable bonds is 9. The third-order valence-electron chi connectivity index (χ3n) is 4.65. The smallest absolute Gasteiger partial charge is 0.392 e. The Kier molecular flexibility index (Phi) is 9.83. The van der Waals surface area contributed by atoms with Gasteiger partial charge in [0, 0.05) is 36.0 Å². The summed E-state index contributed by atoms with van der Waals surface area (Å²) in [5.41, 5.74) is 3.26. The van der Waals surface area contributed by atoms with Crippen molar-refractivity contribution in [1.82, 2.24) is 8.96 Å². The number of hydrogen-bond donors (Lipinski definition) is 1. The molecule has 1 N–H and O–H groups in total. The number of alkyl halides is 3. The van der Waals surface area contributed by atoms with Crippen LogP contribution in [0.15, 0.2) is 73.2 Å². The van der Waals surface area contributed by atoms with E-state index in [0.29, 0.717) is 5.52 Å². The summed E-state index contributed by atoms with van der Waals surface area (Å²) in [5.74, 6) is -0.827. The molecule has 9 heteroatoms. The van der Waals surface area contributed by atoms with Crippen LogP contribution in [0.4, 0.5) is 13.2 Å². The number of fused-ring (bicyclic) bond motifs is 1. The van der Waals surface area contributed by atoms with Crippen LogP contribution in [-0.2, 0) is 22.2 Å². The highest BCUT2D eigenvalue weighted by Crippen LogP contribution is 2.29. The first kappa shape index (κ1) is 26.6. The lowest BCUT2D eigenvalue weighted by Gasteiger charge is -2.05. The second kappa shape index (κ2) is 12.6. The van der Waals surface area contributed by atoms with E-state index in [1.54, 1.807) is 22.6 Å². The van der Waals surface area contributed by atoms with Gasteiger partial charge < -0.3 is 5.11 Å². The number of carboxylic acids is 1. The van der Waals surface area contributed by atoms with Crippen LogP contribution in [0.25, 0.3) is 22.0 Å². The molecule has 0 aliphatic rings. The summed E-state index contributed by atoms with van der Waals surface area (Å²) in [6.45, 7) is 0. The van der Waals surface area contributed by atoms with Gasteiger partial charge in [-0.25, -0.2) is 4.21 Å². The number of halogens is 3. The Morgan fingerprint density at radius 3 is 2.53 bits per heavy atom. The molecule has 0 amide bonds. The van der Waals surface area contributed by atoms with E-state index in [9.17, 15) is 22.2 Å². The molecule has 0 aliphatic heterocycles. The molecule has 0 aliphatic carbocycles. The van der Waals surface area contributed by atoms with Gasteiger partial charge >= 0.3 is 12.1 Å². The number of pyridine rings is 1. The Morgan fingerprint density at radius 1 is 1.15 bits per heavy atom. The van der Waals surface area contributed by atoms with Crippen molar-refractivity contribution in [2.24, 2.45) is 0 Å². The molecule has 0 spiro atoms. The minimum absolute atomic E-state index is 0.0627. The highest BCUT2D eigenvalue weighted by molar-refractivity contribution is 7.83. The Labute approximate surface area is 198 Å². The van der Waals surface area contributed by atoms with E-state index in [-0.39, 0.29) is 18.6 Å². The second-order valence-corrected chi connectivity index (χ2v) is 8.38. The van der Waals surface area contributed by atoms with Gasteiger partial charge in [-0.1, -0.05) is 36.4 Å². The summed E-state index contributed by atoms with van der Waals surface area (Å²) >= 11 is 0. The van der Waals surface area contributed by atoms with Crippen LogP contribution >= 0.6 is 0 Å². The van der Waals surface area contributed by atoms with Crippen molar-refractivity contribution in [3.63, 3.8) is 0 Å². The summed E-state index contributed by atoms with van der Waals surface area (Å²) in [6, 6.07) is 9.36. The van der Waals surface area contributed by atoms with Crippen LogP contribution in [0.5, 0.6) is 0 Å². The van der Waals surface area contributed by atoms with Crippen LogP contribution in [0.1, 0.15) is 18.4 Å². The van der Waals surface area contributed by atoms with Gasteiger partial charge in [0.2, 0.25) is 0 Å². The van der Waals surface area contributed by atoms with Gasteiger partial charge in [0.1, 0.15) is 11.0 Å². The molecule has 0 saturated heterocycles. The molecule has 0 saturated carbocycles. The number of allylic oxidation sites excluding steroid dienone is 3. The summed E-state index contributed by atoms with van der Waals surface area (Å²) in [6.07, 6.45) is 13.3. The minimum atomic E-state index is -4.25. The van der Waals surface area contributed by atoms with Crippen molar-refractivity contribution in [3.8, 4) is 24.0 Å². The van der Waals surface area contributed by atoms with Gasteiger partial charge in [-0.3, -0.25) is 13.8 Å². The SMILES string of the molecule is C#C.O=C(O)CCc1cn(S(=O)C/C=C\C=C/CC(F)(F)F)c2ccc(-c3cccnc3)cc12. The molecule has 3 aromatic rings. The monoisotopic (exact) mass is 488 g/mol. The van der Waals surface area contributed by atoms with E-state index in [1.165, 1.54) is 18.2 Å². The molecule has 178 valence electrons. The third kappa shape index (κ3) is 7.74. The lowest BCUT2D eigenvalue weighted by Crippen LogP contribution is -2.06. The van der Waals surface area contributed by atoms with E-state index in [0.717, 1.165) is 28.2 Å². The fraction of sp³-hybridized carbons (Fsp3) is 0.200. The zero-order valence-electron chi connectivity index (χ0n) is 18.1. The van der Waals surface area contributed by atoms with Crippen LogP contribution in [0.2, 0.25) is 0 Å². The van der Waals surface area contributed by atoms with Gasteiger partial charge in [-0.2, -0.15) is 13.2 Å². The number of benzene rings is 1. The number of carbonyl (C=O) groups is 1. The second-order valence-electron chi connectivity index (χ2n) is 7.01. The van der Waals surface area contributed by atoms with E-state index in [1.807, 2.05) is 30.3 Å². The maximum absolute atomic E-state index is 12.8. The normalized spacial score (nSPS) is 12.6. The molecule has 2 aromatic heterocycles. The largest absolute Gasteiger partial charge is 0.481 e. The Morgan fingerprint density at radius 2 is 1.88 bits per heavy atom. The predicted octanol–water partition coefficient (Wildman–Crippen LogP) is 5.55. The number of nitrogens with zero attached hydrogens (tertiary/aromatic N) is 2. The molecule has 5 nitrogen and oxygen atoms in total. The van der Waals surface area contributed by atoms with E-state index >= 15 is 0 Å². The molecule has 3 rings (SSSR count). The van der Waals surface area contributed by atoms with Gasteiger partial charge in [0.15, 0.2) is 0 Å². The molecule has 1 aromatic carbocycles. The summed E-state index contributed by atoms with van der Waals surface area (Å²) in [4.78, 5) is 15.2. The van der Waals surface area contributed by atoms with Gasteiger partial charge in [-0.15, -0.1) is 12.8 Å². The number of aryl methyl sites for hydroxylation is 1. The van der Waals surface area contributed by atoms with E-state index < -0.39 is 29.6 Å². The highest BCUT2D eigenvalue weighted by atomic mass is 32.2. The number of terminal acetylenes is 1. The molecule has 0 fully saturated rings. The van der Waals surface area contributed by atoms with Crippen molar-refractivity contribution in [2.45, 2.75) is 25.4 Å². The zero-order valence-corrected chi connectivity index (χ0v) is 18.9. The molecular weight excluding hydrogens is 465 g/mol. The lowest BCUT2D eigenvalue weighted by atomic mass is 10.0. The fourth-order valence-electron chi connectivity index (χ4n) is 3.17. The topological polar surface area (TPSA) is 72.2 Å². The minimum Gasteiger partial charge on any atom is -0.481 e. The third-order valence-corrected chi connectivity index (χ3v) is 5.87. The zero-order chi connectivity index (χ0) is 25.1.